The topological polar surface area (TPSA) is 97.1 Å². The van der Waals surface area contributed by atoms with Crippen molar-refractivity contribution in [1.29, 1.82) is 0 Å². The first-order valence-electron chi connectivity index (χ1n) is 3.30. The number of aryl methyl sites for hydroxylation is 1. The summed E-state index contributed by atoms with van der Waals surface area (Å²) in [5.74, 6) is 0. The summed E-state index contributed by atoms with van der Waals surface area (Å²) in [5, 5.41) is 8.67. The SMILES string of the molecule is C[n+]1cc[nH]c1O.O=S(=O)([O-])C(F)(F)F. The normalized spacial score (nSPS) is 11.8. The number of aromatic amines is 1. The molecule has 88 valence electrons. The average molecular weight is 248 g/mol. The maximum Gasteiger partial charge on any atom is 0.485 e. The standard InChI is InChI=1S/C4H6N2O.CHF3O3S/c1-6-3-2-5-4(6)7;2-1(3,4)8(5,6)7/h2-3H,1H3,(H,5,7);(H,5,6,7). The number of alkyl halides is 3. The van der Waals surface area contributed by atoms with Crippen molar-refractivity contribution in [3.8, 4) is 6.01 Å². The van der Waals surface area contributed by atoms with Gasteiger partial charge in [-0.2, -0.15) is 13.2 Å². The minimum Gasteiger partial charge on any atom is -0.741 e. The average Bonchev–Trinajstić information content (AvgIpc) is 2.33. The van der Waals surface area contributed by atoms with Crippen molar-refractivity contribution in [2.24, 2.45) is 7.05 Å². The number of hydrogen-bond acceptors (Lipinski definition) is 4. The van der Waals surface area contributed by atoms with Crippen molar-refractivity contribution >= 4 is 10.1 Å². The van der Waals surface area contributed by atoms with Crippen LogP contribution in [0.3, 0.4) is 0 Å². The molecule has 0 atom stereocenters. The number of aromatic hydroxyl groups is 1. The Labute approximate surface area is 82.7 Å². The quantitative estimate of drug-likeness (QED) is 0.370. The maximum absolute atomic E-state index is 10.7. The summed E-state index contributed by atoms with van der Waals surface area (Å²) in [7, 11) is -4.33. The number of halogens is 3. The molecule has 1 aromatic rings. The van der Waals surface area contributed by atoms with Gasteiger partial charge < -0.3 is 9.66 Å². The number of nitrogens with zero attached hydrogens (tertiary/aromatic N) is 1. The summed E-state index contributed by atoms with van der Waals surface area (Å²) in [6.07, 6.45) is 3.39. The van der Waals surface area contributed by atoms with E-state index in [1.807, 2.05) is 0 Å². The lowest BCUT2D eigenvalue weighted by Gasteiger charge is -2.08. The first kappa shape index (κ1) is 13.7. The Kier molecular flexibility index (Phi) is 4.10. The van der Waals surface area contributed by atoms with Gasteiger partial charge in [0, 0.05) is 0 Å². The molecule has 15 heavy (non-hydrogen) atoms. The zero-order valence-corrected chi connectivity index (χ0v) is 8.13. The van der Waals surface area contributed by atoms with E-state index in [0.717, 1.165) is 0 Å². The van der Waals surface area contributed by atoms with Crippen LogP contribution in [0.1, 0.15) is 0 Å². The molecule has 0 aliphatic carbocycles. The van der Waals surface area contributed by atoms with Crippen LogP contribution >= 0.6 is 0 Å². The molecule has 6 nitrogen and oxygen atoms in total. The Hall–Kier alpha value is -1.29. The van der Waals surface area contributed by atoms with E-state index in [2.05, 4.69) is 4.98 Å². The van der Waals surface area contributed by atoms with E-state index in [1.165, 1.54) is 0 Å². The van der Waals surface area contributed by atoms with Crippen molar-refractivity contribution in [1.82, 2.24) is 4.98 Å². The van der Waals surface area contributed by atoms with Gasteiger partial charge in [-0.3, -0.25) is 0 Å². The zero-order chi connectivity index (χ0) is 12.3. The third kappa shape index (κ3) is 4.65. The molecule has 0 aliphatic heterocycles. The fourth-order valence-corrected chi connectivity index (χ4v) is 0.396. The highest BCUT2D eigenvalue weighted by molar-refractivity contribution is 7.86. The van der Waals surface area contributed by atoms with Crippen LogP contribution in [0.5, 0.6) is 6.01 Å². The lowest BCUT2D eigenvalue weighted by molar-refractivity contribution is -0.676. The predicted molar refractivity (Wildman–Crippen MR) is 39.4 cm³/mol. The summed E-state index contributed by atoms with van der Waals surface area (Å²) < 4.78 is 60.5. The summed E-state index contributed by atoms with van der Waals surface area (Å²) >= 11 is 0. The number of H-pyrrole nitrogens is 1. The summed E-state index contributed by atoms with van der Waals surface area (Å²) in [5.41, 5.74) is -5.65. The molecule has 0 radical (unpaired) electrons. The van der Waals surface area contributed by atoms with E-state index in [0.29, 0.717) is 0 Å². The molecule has 0 aliphatic rings. The molecule has 0 spiro atoms. The van der Waals surface area contributed by atoms with Crippen molar-refractivity contribution in [3.63, 3.8) is 0 Å². The van der Waals surface area contributed by atoms with Crippen molar-refractivity contribution in [3.05, 3.63) is 12.4 Å². The van der Waals surface area contributed by atoms with Gasteiger partial charge in [0.25, 0.3) is 0 Å². The highest BCUT2D eigenvalue weighted by atomic mass is 32.2. The maximum atomic E-state index is 10.7. The van der Waals surface area contributed by atoms with Crippen LogP contribution in [-0.2, 0) is 17.2 Å². The molecule has 1 aromatic heterocycles. The Balaban J connectivity index is 0.000000262. The number of rotatable bonds is 0. The van der Waals surface area contributed by atoms with Crippen LogP contribution in [0.2, 0.25) is 0 Å². The van der Waals surface area contributed by atoms with E-state index in [-0.39, 0.29) is 6.01 Å². The Bertz CT molecular complexity index is 394. The third-order valence-electron chi connectivity index (χ3n) is 1.13. The van der Waals surface area contributed by atoms with E-state index in [4.69, 9.17) is 18.1 Å². The van der Waals surface area contributed by atoms with Crippen LogP contribution in [0, 0.1) is 0 Å². The highest BCUT2D eigenvalue weighted by Gasteiger charge is 2.36. The van der Waals surface area contributed by atoms with Crippen LogP contribution in [0.15, 0.2) is 12.4 Å². The minimum atomic E-state index is -6.09. The lowest BCUT2D eigenvalue weighted by Crippen LogP contribution is -2.23. The third-order valence-corrected chi connectivity index (χ3v) is 1.70. The first-order valence-corrected chi connectivity index (χ1v) is 4.70. The van der Waals surface area contributed by atoms with Gasteiger partial charge >= 0.3 is 11.5 Å². The number of aromatic nitrogens is 2. The van der Waals surface area contributed by atoms with Gasteiger partial charge in [0.15, 0.2) is 10.1 Å². The molecule has 2 N–H and O–H groups in total. The van der Waals surface area contributed by atoms with Crippen LogP contribution in [-0.4, -0.2) is 28.6 Å². The largest absolute Gasteiger partial charge is 0.741 e. The van der Waals surface area contributed by atoms with E-state index in [9.17, 15) is 13.2 Å². The van der Waals surface area contributed by atoms with Crippen molar-refractivity contribution < 1.29 is 35.8 Å². The molecule has 0 unspecified atom stereocenters. The fraction of sp³-hybridized carbons (Fsp3) is 0.400. The Morgan fingerprint density at radius 2 is 1.93 bits per heavy atom. The smallest absolute Gasteiger partial charge is 0.485 e. The van der Waals surface area contributed by atoms with Gasteiger partial charge in [-0.25, -0.2) is 18.0 Å². The Morgan fingerprint density at radius 1 is 1.53 bits per heavy atom. The second kappa shape index (κ2) is 4.49. The molecule has 1 rings (SSSR count). The van der Waals surface area contributed by atoms with E-state index < -0.39 is 15.6 Å². The number of hydrogen-bond donors (Lipinski definition) is 2. The number of imidazole rings is 1. The molecule has 0 saturated carbocycles. The molecular weight excluding hydrogens is 241 g/mol. The number of nitrogens with one attached hydrogen (secondary N) is 1. The van der Waals surface area contributed by atoms with Crippen molar-refractivity contribution in [2.45, 2.75) is 5.51 Å². The Morgan fingerprint density at radius 3 is 2.00 bits per heavy atom. The van der Waals surface area contributed by atoms with Gasteiger partial charge in [-0.15, -0.1) is 0 Å². The monoisotopic (exact) mass is 248 g/mol. The summed E-state index contributed by atoms with van der Waals surface area (Å²) in [4.78, 5) is 2.59. The van der Waals surface area contributed by atoms with Crippen LogP contribution < -0.4 is 4.57 Å². The predicted octanol–water partition coefficient (Wildman–Crippen LogP) is -0.404. The van der Waals surface area contributed by atoms with Crippen LogP contribution in [0.4, 0.5) is 13.2 Å². The van der Waals surface area contributed by atoms with Gasteiger partial charge in [0.05, 0.1) is 7.05 Å². The molecular formula is C5H7F3N2O4S. The molecule has 1 heterocycles. The van der Waals surface area contributed by atoms with Gasteiger partial charge in [0.1, 0.15) is 12.4 Å². The molecule has 0 fully saturated rings. The molecule has 0 saturated heterocycles. The highest BCUT2D eigenvalue weighted by Crippen LogP contribution is 2.20. The second-order valence-electron chi connectivity index (χ2n) is 2.29. The molecule has 10 heteroatoms. The van der Waals surface area contributed by atoms with E-state index >= 15 is 0 Å². The molecule has 0 aromatic carbocycles. The first-order chi connectivity index (χ1) is 6.55. The van der Waals surface area contributed by atoms with Crippen LogP contribution in [0.25, 0.3) is 0 Å². The molecule has 0 amide bonds. The van der Waals surface area contributed by atoms with Gasteiger partial charge in [0.2, 0.25) is 0 Å². The minimum absolute atomic E-state index is 0.181. The lowest BCUT2D eigenvalue weighted by atomic mass is 10.9. The molecule has 0 bridgehead atoms. The van der Waals surface area contributed by atoms with E-state index in [1.54, 1.807) is 24.0 Å². The van der Waals surface area contributed by atoms with Gasteiger partial charge in [-0.1, -0.05) is 0 Å². The summed E-state index contributed by atoms with van der Waals surface area (Å²) in [6.45, 7) is 0. The summed E-state index contributed by atoms with van der Waals surface area (Å²) in [6, 6.07) is 0.181. The fourth-order valence-electron chi connectivity index (χ4n) is 0.396. The second-order valence-corrected chi connectivity index (χ2v) is 3.67. The zero-order valence-electron chi connectivity index (χ0n) is 7.32. The van der Waals surface area contributed by atoms with Gasteiger partial charge in [-0.05, 0) is 0 Å². The van der Waals surface area contributed by atoms with Crippen molar-refractivity contribution in [2.75, 3.05) is 0 Å².